The van der Waals surface area contributed by atoms with Crippen molar-refractivity contribution in [3.05, 3.63) is 41.0 Å². The molecular formula is C12H10O3. The first-order valence-corrected chi connectivity index (χ1v) is 4.67. The van der Waals surface area contributed by atoms with Crippen LogP contribution < -0.4 is 0 Å². The highest BCUT2D eigenvalue weighted by Crippen LogP contribution is 2.32. The summed E-state index contributed by atoms with van der Waals surface area (Å²) in [5, 5.41) is 8.70. The predicted molar refractivity (Wildman–Crippen MR) is 55.4 cm³/mol. The van der Waals surface area contributed by atoms with Crippen molar-refractivity contribution in [2.75, 3.05) is 0 Å². The van der Waals surface area contributed by atoms with Gasteiger partial charge in [-0.25, -0.2) is 4.79 Å². The normalized spacial score (nSPS) is 13.9. The molecule has 0 fully saturated rings. The Bertz CT molecular complexity index is 483. The number of rotatable bonds is 2. The summed E-state index contributed by atoms with van der Waals surface area (Å²) in [6, 6.07) is 7.41. The zero-order valence-corrected chi connectivity index (χ0v) is 8.28. The van der Waals surface area contributed by atoms with Crippen molar-refractivity contribution in [1.29, 1.82) is 0 Å². The number of hydrogen-bond donors (Lipinski definition) is 1. The minimum Gasteiger partial charge on any atom is -0.475 e. The van der Waals surface area contributed by atoms with Gasteiger partial charge < -0.3 is 5.11 Å². The molecule has 3 heteroatoms. The first kappa shape index (κ1) is 9.65. The quantitative estimate of drug-likeness (QED) is 0.742. The molecule has 0 atom stereocenters. The zero-order valence-electron chi connectivity index (χ0n) is 8.28. The molecule has 0 saturated carbocycles. The molecule has 1 aliphatic carbocycles. The minimum atomic E-state index is -1.39. The van der Waals surface area contributed by atoms with Crippen LogP contribution in [0.25, 0.3) is 5.57 Å². The molecule has 1 aromatic rings. The number of carboxylic acid groups (broad SMARTS) is 1. The average Bonchev–Trinajstić information content (AvgIpc) is 2.52. The Labute approximate surface area is 87.0 Å². The van der Waals surface area contributed by atoms with E-state index >= 15 is 0 Å². The van der Waals surface area contributed by atoms with Crippen LogP contribution in [0.2, 0.25) is 0 Å². The van der Waals surface area contributed by atoms with Gasteiger partial charge in [-0.1, -0.05) is 29.8 Å². The molecule has 0 aliphatic heterocycles. The van der Waals surface area contributed by atoms with Gasteiger partial charge in [0.2, 0.25) is 0 Å². The molecule has 0 bridgehead atoms. The number of aliphatic carboxylic acids is 1. The molecule has 1 N–H and O–H groups in total. The number of Topliss-reactive ketones (excluding diaryl/α,β-unsaturated/α-hetero) is 1. The van der Waals surface area contributed by atoms with E-state index in [2.05, 4.69) is 0 Å². The van der Waals surface area contributed by atoms with E-state index in [0.29, 0.717) is 12.0 Å². The summed E-state index contributed by atoms with van der Waals surface area (Å²) in [5.74, 6) is -2.20. The summed E-state index contributed by atoms with van der Waals surface area (Å²) in [7, 11) is 0. The fourth-order valence-corrected chi connectivity index (χ4v) is 1.95. The molecule has 0 spiro atoms. The van der Waals surface area contributed by atoms with E-state index in [0.717, 1.165) is 16.7 Å². The van der Waals surface area contributed by atoms with E-state index in [1.165, 1.54) is 0 Å². The maximum absolute atomic E-state index is 11.5. The summed E-state index contributed by atoms with van der Waals surface area (Å²) >= 11 is 0. The van der Waals surface area contributed by atoms with E-state index in [9.17, 15) is 9.59 Å². The number of ketones is 1. The Kier molecular flexibility index (Phi) is 2.15. The number of carbonyl (C=O) groups excluding carboxylic acids is 1. The van der Waals surface area contributed by atoms with Crippen molar-refractivity contribution in [2.45, 2.75) is 13.3 Å². The van der Waals surface area contributed by atoms with Crippen molar-refractivity contribution < 1.29 is 14.7 Å². The molecule has 15 heavy (non-hydrogen) atoms. The van der Waals surface area contributed by atoms with E-state index in [1.54, 1.807) is 13.0 Å². The molecule has 1 aromatic carbocycles. The monoisotopic (exact) mass is 202 g/mol. The smallest absolute Gasteiger partial charge is 0.377 e. The van der Waals surface area contributed by atoms with Crippen LogP contribution in [-0.2, 0) is 16.0 Å². The SMILES string of the molecule is CC1=C(C(=O)C(=O)O)c2ccccc2C1. The van der Waals surface area contributed by atoms with E-state index in [1.807, 2.05) is 18.2 Å². The summed E-state index contributed by atoms with van der Waals surface area (Å²) in [5.41, 5.74) is 2.99. The predicted octanol–water partition coefficient (Wildman–Crippen LogP) is 1.67. The van der Waals surface area contributed by atoms with Crippen molar-refractivity contribution in [3.63, 3.8) is 0 Å². The average molecular weight is 202 g/mol. The highest BCUT2D eigenvalue weighted by atomic mass is 16.4. The molecule has 76 valence electrons. The molecule has 0 radical (unpaired) electrons. The van der Waals surface area contributed by atoms with Gasteiger partial charge in [-0.15, -0.1) is 0 Å². The van der Waals surface area contributed by atoms with Gasteiger partial charge in [-0.05, 0) is 24.5 Å². The Balaban J connectivity index is 2.53. The van der Waals surface area contributed by atoms with Crippen LogP contribution in [0, 0.1) is 0 Å². The molecule has 0 saturated heterocycles. The van der Waals surface area contributed by atoms with Gasteiger partial charge in [0.15, 0.2) is 0 Å². The number of fused-ring (bicyclic) bond motifs is 1. The third kappa shape index (κ3) is 1.46. The number of hydrogen-bond acceptors (Lipinski definition) is 2. The van der Waals surface area contributed by atoms with Crippen molar-refractivity contribution in [2.24, 2.45) is 0 Å². The Morgan fingerprint density at radius 1 is 1.27 bits per heavy atom. The van der Waals surface area contributed by atoms with Crippen molar-refractivity contribution in [3.8, 4) is 0 Å². The number of allylic oxidation sites excluding steroid dienone is 1. The van der Waals surface area contributed by atoms with Crippen molar-refractivity contribution in [1.82, 2.24) is 0 Å². The second-order valence-corrected chi connectivity index (χ2v) is 3.62. The van der Waals surface area contributed by atoms with Crippen LogP contribution in [-0.4, -0.2) is 16.9 Å². The van der Waals surface area contributed by atoms with Gasteiger partial charge in [-0.3, -0.25) is 4.79 Å². The summed E-state index contributed by atoms with van der Waals surface area (Å²) in [6.45, 7) is 1.80. The first-order chi connectivity index (χ1) is 7.11. The van der Waals surface area contributed by atoms with Crippen LogP contribution >= 0.6 is 0 Å². The minimum absolute atomic E-state index is 0.359. The lowest BCUT2D eigenvalue weighted by Crippen LogP contribution is -2.14. The number of carboxylic acids is 1. The zero-order chi connectivity index (χ0) is 11.0. The molecule has 0 amide bonds. The fraction of sp³-hybridized carbons (Fsp3) is 0.167. The summed E-state index contributed by atoms with van der Waals surface area (Å²) < 4.78 is 0. The first-order valence-electron chi connectivity index (χ1n) is 4.67. The van der Waals surface area contributed by atoms with Gasteiger partial charge in [-0.2, -0.15) is 0 Å². The van der Waals surface area contributed by atoms with Gasteiger partial charge in [0.25, 0.3) is 5.78 Å². The number of benzene rings is 1. The topological polar surface area (TPSA) is 54.4 Å². The Hall–Kier alpha value is -1.90. The van der Waals surface area contributed by atoms with Crippen LogP contribution in [0.15, 0.2) is 29.8 Å². The Morgan fingerprint density at radius 3 is 2.60 bits per heavy atom. The molecule has 3 nitrogen and oxygen atoms in total. The molecule has 2 rings (SSSR count). The molecule has 0 unspecified atom stereocenters. The lowest BCUT2D eigenvalue weighted by Gasteiger charge is -2.01. The molecule has 0 heterocycles. The molecular weight excluding hydrogens is 192 g/mol. The lowest BCUT2D eigenvalue weighted by atomic mass is 10.0. The van der Waals surface area contributed by atoms with Crippen LogP contribution in [0.5, 0.6) is 0 Å². The highest BCUT2D eigenvalue weighted by molar-refractivity contribution is 6.51. The lowest BCUT2D eigenvalue weighted by molar-refractivity contribution is -0.146. The number of carbonyl (C=O) groups is 2. The fourth-order valence-electron chi connectivity index (χ4n) is 1.95. The van der Waals surface area contributed by atoms with Gasteiger partial charge in [0.05, 0.1) is 0 Å². The van der Waals surface area contributed by atoms with Crippen LogP contribution in [0.3, 0.4) is 0 Å². The Morgan fingerprint density at radius 2 is 1.93 bits per heavy atom. The third-order valence-corrected chi connectivity index (χ3v) is 2.59. The van der Waals surface area contributed by atoms with E-state index in [-0.39, 0.29) is 0 Å². The van der Waals surface area contributed by atoms with Gasteiger partial charge >= 0.3 is 5.97 Å². The van der Waals surface area contributed by atoms with Crippen LogP contribution in [0.4, 0.5) is 0 Å². The van der Waals surface area contributed by atoms with Crippen molar-refractivity contribution >= 4 is 17.3 Å². The highest BCUT2D eigenvalue weighted by Gasteiger charge is 2.27. The second-order valence-electron chi connectivity index (χ2n) is 3.62. The maximum atomic E-state index is 11.5. The summed E-state index contributed by atoms with van der Waals surface area (Å²) in [4.78, 5) is 22.1. The summed E-state index contributed by atoms with van der Waals surface area (Å²) in [6.07, 6.45) is 0.671. The molecule has 1 aliphatic rings. The second kappa shape index (κ2) is 3.35. The largest absolute Gasteiger partial charge is 0.475 e. The molecule has 0 aromatic heterocycles. The van der Waals surface area contributed by atoms with Crippen LogP contribution in [0.1, 0.15) is 18.1 Å². The maximum Gasteiger partial charge on any atom is 0.377 e. The van der Waals surface area contributed by atoms with E-state index < -0.39 is 11.8 Å². The van der Waals surface area contributed by atoms with Gasteiger partial charge in [0, 0.05) is 5.57 Å². The standard InChI is InChI=1S/C12H10O3/c1-7-6-8-4-2-3-5-9(8)10(7)11(13)12(14)15/h2-5H,6H2,1H3,(H,14,15). The van der Waals surface area contributed by atoms with Gasteiger partial charge in [0.1, 0.15) is 0 Å². The van der Waals surface area contributed by atoms with E-state index in [4.69, 9.17) is 5.11 Å². The third-order valence-electron chi connectivity index (χ3n) is 2.59.